The lowest BCUT2D eigenvalue weighted by Gasteiger charge is -2.22. The highest BCUT2D eigenvalue weighted by Crippen LogP contribution is 2.31. The monoisotopic (exact) mass is 288 g/mol. The summed E-state index contributed by atoms with van der Waals surface area (Å²) >= 11 is 6.25. The van der Waals surface area contributed by atoms with Crippen molar-refractivity contribution < 1.29 is 5.11 Å². The molecule has 0 aromatic heterocycles. The first-order valence-electron chi connectivity index (χ1n) is 6.90. The fourth-order valence-corrected chi connectivity index (χ4v) is 2.46. The Morgan fingerprint density at radius 2 is 1.70 bits per heavy atom. The molecular weight excluding hydrogens is 268 g/mol. The summed E-state index contributed by atoms with van der Waals surface area (Å²) in [6, 6.07) is 15.9. The van der Waals surface area contributed by atoms with Crippen molar-refractivity contribution in [1.82, 2.24) is 0 Å². The van der Waals surface area contributed by atoms with Gasteiger partial charge in [0.1, 0.15) is 0 Å². The molecule has 0 aliphatic carbocycles. The highest BCUT2D eigenvalue weighted by Gasteiger charge is 2.18. The van der Waals surface area contributed by atoms with Gasteiger partial charge in [-0.2, -0.15) is 0 Å². The molecule has 2 heteroatoms. The van der Waals surface area contributed by atoms with Crippen LogP contribution in [0.3, 0.4) is 0 Å². The molecular formula is C18H21ClO. The van der Waals surface area contributed by atoms with Gasteiger partial charge < -0.3 is 5.11 Å². The van der Waals surface area contributed by atoms with E-state index in [4.69, 9.17) is 11.6 Å². The van der Waals surface area contributed by atoms with Crippen molar-refractivity contribution >= 4 is 11.6 Å². The van der Waals surface area contributed by atoms with Crippen molar-refractivity contribution in [1.29, 1.82) is 0 Å². The number of hydrogen-bond donors (Lipinski definition) is 1. The van der Waals surface area contributed by atoms with Crippen LogP contribution >= 0.6 is 11.6 Å². The zero-order chi connectivity index (χ0) is 14.8. The average Bonchev–Trinajstić information content (AvgIpc) is 2.39. The molecule has 1 unspecified atom stereocenters. The Bertz CT molecular complexity index is 570. The zero-order valence-electron chi connectivity index (χ0n) is 12.2. The van der Waals surface area contributed by atoms with Crippen LogP contribution < -0.4 is 0 Å². The lowest BCUT2D eigenvalue weighted by atomic mass is 9.85. The quantitative estimate of drug-likeness (QED) is 0.850. The van der Waals surface area contributed by atoms with Crippen molar-refractivity contribution in [3.63, 3.8) is 0 Å². The third kappa shape index (κ3) is 3.62. The number of halogens is 1. The molecule has 0 aliphatic heterocycles. The summed E-state index contributed by atoms with van der Waals surface area (Å²) in [5.74, 6) is 0. The first-order chi connectivity index (χ1) is 9.38. The molecule has 106 valence electrons. The number of aliphatic hydroxyl groups is 1. The van der Waals surface area contributed by atoms with Crippen LogP contribution in [0.2, 0.25) is 5.02 Å². The summed E-state index contributed by atoms with van der Waals surface area (Å²) in [5.41, 5.74) is 3.15. The Kier molecular flexibility index (Phi) is 4.52. The Labute approximate surface area is 126 Å². The third-order valence-electron chi connectivity index (χ3n) is 3.49. The molecule has 1 nitrogen and oxygen atoms in total. The summed E-state index contributed by atoms with van der Waals surface area (Å²) in [4.78, 5) is 0. The van der Waals surface area contributed by atoms with Gasteiger partial charge in [-0.25, -0.2) is 0 Å². The van der Waals surface area contributed by atoms with Gasteiger partial charge in [0.05, 0.1) is 6.10 Å². The van der Waals surface area contributed by atoms with Gasteiger partial charge in [-0.1, -0.05) is 74.8 Å². The van der Waals surface area contributed by atoms with E-state index in [0.717, 1.165) is 11.1 Å². The second kappa shape index (κ2) is 5.99. The minimum atomic E-state index is -0.577. The highest BCUT2D eigenvalue weighted by atomic mass is 35.5. The summed E-state index contributed by atoms with van der Waals surface area (Å²) in [5, 5.41) is 11.1. The predicted octanol–water partition coefficient (Wildman–Crippen LogP) is 4.91. The van der Waals surface area contributed by atoms with Crippen LogP contribution in [0.15, 0.2) is 48.5 Å². The van der Waals surface area contributed by atoms with Crippen LogP contribution in [0.5, 0.6) is 0 Å². The van der Waals surface area contributed by atoms with E-state index in [1.54, 1.807) is 0 Å². The van der Waals surface area contributed by atoms with E-state index in [1.165, 1.54) is 5.56 Å². The molecule has 0 saturated carbocycles. The molecule has 2 rings (SSSR count). The van der Waals surface area contributed by atoms with Gasteiger partial charge in [-0.3, -0.25) is 0 Å². The van der Waals surface area contributed by atoms with E-state index in [9.17, 15) is 5.11 Å². The van der Waals surface area contributed by atoms with Gasteiger partial charge in [0, 0.05) is 11.4 Å². The average molecular weight is 289 g/mol. The minimum Gasteiger partial charge on any atom is -0.388 e. The van der Waals surface area contributed by atoms with Gasteiger partial charge in [-0.05, 0) is 28.2 Å². The molecule has 1 atom stereocenters. The Morgan fingerprint density at radius 1 is 1.05 bits per heavy atom. The maximum Gasteiger partial charge on any atom is 0.0844 e. The highest BCUT2D eigenvalue weighted by molar-refractivity contribution is 6.31. The Hall–Kier alpha value is -1.31. The largest absolute Gasteiger partial charge is 0.388 e. The Morgan fingerprint density at radius 3 is 2.30 bits per heavy atom. The third-order valence-corrected chi connectivity index (χ3v) is 3.84. The zero-order valence-corrected chi connectivity index (χ0v) is 13.0. The lowest BCUT2D eigenvalue weighted by molar-refractivity contribution is 0.178. The standard InChI is InChI=1S/C18H21ClO/c1-18(2,3)14-9-10-16(19)15(12-14)17(20)11-13-7-5-4-6-8-13/h4-10,12,17,20H,11H2,1-3H3. The summed E-state index contributed by atoms with van der Waals surface area (Å²) < 4.78 is 0. The minimum absolute atomic E-state index is 0.0474. The van der Waals surface area contributed by atoms with Crippen LogP contribution in [0.4, 0.5) is 0 Å². The first kappa shape index (κ1) is 15.1. The van der Waals surface area contributed by atoms with Gasteiger partial charge in [0.25, 0.3) is 0 Å². The van der Waals surface area contributed by atoms with E-state index in [-0.39, 0.29) is 5.41 Å². The molecule has 0 saturated heterocycles. The maximum atomic E-state index is 10.5. The Balaban J connectivity index is 2.27. The second-order valence-corrected chi connectivity index (χ2v) is 6.60. The smallest absolute Gasteiger partial charge is 0.0844 e. The number of benzene rings is 2. The summed E-state index contributed by atoms with van der Waals surface area (Å²) in [7, 11) is 0. The normalized spacial score (nSPS) is 13.2. The van der Waals surface area contributed by atoms with Crippen LogP contribution in [0, 0.1) is 0 Å². The van der Waals surface area contributed by atoms with Crippen molar-refractivity contribution in [2.75, 3.05) is 0 Å². The van der Waals surface area contributed by atoms with E-state index in [1.807, 2.05) is 48.5 Å². The van der Waals surface area contributed by atoms with E-state index in [0.29, 0.717) is 11.4 Å². The molecule has 0 aliphatic rings. The van der Waals surface area contributed by atoms with Gasteiger partial charge >= 0.3 is 0 Å². The van der Waals surface area contributed by atoms with E-state index in [2.05, 4.69) is 20.8 Å². The van der Waals surface area contributed by atoms with Gasteiger partial charge in [0.2, 0.25) is 0 Å². The lowest BCUT2D eigenvalue weighted by Crippen LogP contribution is -2.12. The predicted molar refractivity (Wildman–Crippen MR) is 85.3 cm³/mol. The molecule has 0 radical (unpaired) electrons. The van der Waals surface area contributed by atoms with Crippen LogP contribution in [-0.4, -0.2) is 5.11 Å². The maximum absolute atomic E-state index is 10.5. The fourth-order valence-electron chi connectivity index (χ4n) is 2.21. The molecule has 0 amide bonds. The van der Waals surface area contributed by atoms with Crippen molar-refractivity contribution in [3.8, 4) is 0 Å². The SMILES string of the molecule is CC(C)(C)c1ccc(Cl)c(C(O)Cc2ccccc2)c1. The summed E-state index contributed by atoms with van der Waals surface area (Å²) in [6.45, 7) is 6.47. The van der Waals surface area contributed by atoms with E-state index >= 15 is 0 Å². The topological polar surface area (TPSA) is 20.2 Å². The molecule has 2 aromatic carbocycles. The van der Waals surface area contributed by atoms with Gasteiger partial charge in [0.15, 0.2) is 0 Å². The van der Waals surface area contributed by atoms with Crippen molar-refractivity contribution in [2.45, 2.75) is 38.7 Å². The van der Waals surface area contributed by atoms with Crippen molar-refractivity contribution in [3.05, 3.63) is 70.2 Å². The van der Waals surface area contributed by atoms with Crippen LogP contribution in [0.25, 0.3) is 0 Å². The molecule has 0 bridgehead atoms. The van der Waals surface area contributed by atoms with Gasteiger partial charge in [-0.15, -0.1) is 0 Å². The number of aliphatic hydroxyl groups excluding tert-OH is 1. The molecule has 2 aromatic rings. The van der Waals surface area contributed by atoms with Crippen LogP contribution in [0.1, 0.15) is 43.6 Å². The van der Waals surface area contributed by atoms with Crippen molar-refractivity contribution in [2.24, 2.45) is 0 Å². The number of rotatable bonds is 3. The second-order valence-electron chi connectivity index (χ2n) is 6.19. The molecule has 0 heterocycles. The molecule has 20 heavy (non-hydrogen) atoms. The molecule has 1 N–H and O–H groups in total. The first-order valence-corrected chi connectivity index (χ1v) is 7.27. The number of hydrogen-bond acceptors (Lipinski definition) is 1. The van der Waals surface area contributed by atoms with Crippen LogP contribution in [-0.2, 0) is 11.8 Å². The summed E-state index contributed by atoms with van der Waals surface area (Å²) in [6.07, 6.45) is 0.000869. The van der Waals surface area contributed by atoms with E-state index < -0.39 is 6.10 Å². The molecule has 0 spiro atoms. The fraction of sp³-hybridized carbons (Fsp3) is 0.333. The molecule has 0 fully saturated rings.